The van der Waals surface area contributed by atoms with Crippen LogP contribution in [0.5, 0.6) is 0 Å². The highest BCUT2D eigenvalue weighted by Crippen LogP contribution is 2.39. The van der Waals surface area contributed by atoms with Crippen molar-refractivity contribution in [1.82, 2.24) is 25.1 Å². The number of rotatable bonds is 7. The van der Waals surface area contributed by atoms with Gasteiger partial charge < -0.3 is 38.8 Å². The van der Waals surface area contributed by atoms with Gasteiger partial charge in [-0.3, -0.25) is 14.4 Å². The number of carbonyl (C=O) groups is 4. The van der Waals surface area contributed by atoms with E-state index in [-0.39, 0.29) is 61.0 Å². The van der Waals surface area contributed by atoms with E-state index in [1.54, 1.807) is 59.2 Å². The van der Waals surface area contributed by atoms with E-state index in [0.717, 1.165) is 30.4 Å². The normalized spacial score (nSPS) is 38.8. The van der Waals surface area contributed by atoms with E-state index in [1.165, 1.54) is 4.90 Å². The molecule has 1 aromatic rings. The first kappa shape index (κ1) is 55.7. The number of hydrogen-bond acceptors (Lipinski definition) is 14. The number of esters is 1. The number of hydrogen-bond donors (Lipinski definition) is 2. The van der Waals surface area contributed by atoms with Crippen LogP contribution in [0.3, 0.4) is 0 Å². The summed E-state index contributed by atoms with van der Waals surface area (Å²) in [4.78, 5) is 58.7. The Morgan fingerprint density at radius 3 is 2.35 bits per heavy atom. The fourth-order valence-corrected chi connectivity index (χ4v) is 10.9. The smallest absolute Gasteiger partial charge is 0.329 e. The van der Waals surface area contributed by atoms with Gasteiger partial charge in [-0.15, -0.1) is 5.10 Å². The zero-order chi connectivity index (χ0) is 50.6. The lowest BCUT2D eigenvalue weighted by atomic mass is 9.77. The third-order valence-corrected chi connectivity index (χ3v) is 15.4. The second-order valence-corrected chi connectivity index (χ2v) is 20.6. The summed E-state index contributed by atoms with van der Waals surface area (Å²) in [6.45, 7) is 17.8. The molecule has 0 unspecified atom stereocenters. The van der Waals surface area contributed by atoms with Crippen molar-refractivity contribution in [3.05, 3.63) is 66.1 Å². The van der Waals surface area contributed by atoms with Crippen LogP contribution in [0.25, 0.3) is 0 Å². The van der Waals surface area contributed by atoms with Crippen molar-refractivity contribution < 1.29 is 53.1 Å². The van der Waals surface area contributed by atoms with Crippen molar-refractivity contribution >= 4 is 23.4 Å². The van der Waals surface area contributed by atoms with Crippen LogP contribution in [0.2, 0.25) is 0 Å². The largest absolute Gasteiger partial charge is 0.460 e. The fraction of sp³-hybridized carbons (Fsp3) is 0.717. The van der Waals surface area contributed by atoms with Crippen molar-refractivity contribution in [2.45, 2.75) is 180 Å². The number of fused-ring (bicyclic) bond motifs is 3. The summed E-state index contributed by atoms with van der Waals surface area (Å²) in [7, 11) is 4.81. The molecule has 1 saturated carbocycles. The van der Waals surface area contributed by atoms with Gasteiger partial charge >= 0.3 is 5.97 Å². The number of aliphatic hydroxyl groups excluding tert-OH is 1. The maximum Gasteiger partial charge on any atom is 0.329 e. The van der Waals surface area contributed by atoms with Crippen molar-refractivity contribution in [2.24, 2.45) is 35.5 Å². The van der Waals surface area contributed by atoms with Crippen LogP contribution in [-0.2, 0) is 42.9 Å². The van der Waals surface area contributed by atoms with Gasteiger partial charge in [-0.05, 0) is 129 Å². The highest BCUT2D eigenvalue weighted by Gasteiger charge is 2.53. The summed E-state index contributed by atoms with van der Waals surface area (Å²) in [6.07, 6.45) is 15.7. The highest BCUT2D eigenvalue weighted by atomic mass is 16.6. The summed E-state index contributed by atoms with van der Waals surface area (Å²) >= 11 is 0. The molecule has 16 nitrogen and oxygen atoms in total. The molecule has 0 aromatic carbocycles. The van der Waals surface area contributed by atoms with Crippen molar-refractivity contribution in [3.63, 3.8) is 0 Å². The number of amides is 1. The number of Topliss-reactive ketones (excluding diaryl/α,β-unsaturated/α-hetero) is 2. The van der Waals surface area contributed by atoms with Crippen LogP contribution in [-0.4, -0.2) is 135 Å². The first-order valence-corrected chi connectivity index (χ1v) is 25.2. The third kappa shape index (κ3) is 14.2. The number of ether oxygens (including phenoxy) is 5. The van der Waals surface area contributed by atoms with E-state index in [0.29, 0.717) is 50.5 Å². The summed E-state index contributed by atoms with van der Waals surface area (Å²) in [5.41, 5.74) is 2.21. The van der Waals surface area contributed by atoms with E-state index in [2.05, 4.69) is 42.0 Å². The number of aliphatic hydroxyl groups is 2. The number of methoxy groups -OCH3 is 3. The Kier molecular flexibility index (Phi) is 20.8. The minimum Gasteiger partial charge on any atom is -0.460 e. The molecule has 0 spiro atoms. The molecule has 1 amide bonds. The lowest BCUT2D eigenvalue weighted by Crippen LogP contribution is -2.61. The predicted molar refractivity (Wildman–Crippen MR) is 260 cm³/mol. The van der Waals surface area contributed by atoms with Gasteiger partial charge in [-0.1, -0.05) is 77.7 Å². The van der Waals surface area contributed by atoms with E-state index in [1.807, 2.05) is 38.2 Å². The van der Waals surface area contributed by atoms with Crippen LogP contribution < -0.4 is 0 Å². The second kappa shape index (κ2) is 25.8. The molecule has 0 radical (unpaired) electrons. The lowest BCUT2D eigenvalue weighted by molar-refractivity contribution is -0.265. The summed E-state index contributed by atoms with van der Waals surface area (Å²) in [5.74, 6) is -6.77. The minimum absolute atomic E-state index is 0.000204. The molecule has 3 aliphatic heterocycles. The van der Waals surface area contributed by atoms with E-state index in [4.69, 9.17) is 23.7 Å². The summed E-state index contributed by atoms with van der Waals surface area (Å²) in [5, 5.41) is 35.4. The first-order chi connectivity index (χ1) is 32.8. The molecule has 2 saturated heterocycles. The number of carbonyl (C=O) groups excluding carboxylic acids is 4. The molecule has 15 atom stereocenters. The van der Waals surface area contributed by atoms with Gasteiger partial charge in [0.25, 0.3) is 11.7 Å². The van der Waals surface area contributed by atoms with Crippen LogP contribution in [0, 0.1) is 35.5 Å². The number of piperidine rings is 1. The van der Waals surface area contributed by atoms with E-state index >= 15 is 0 Å². The number of allylic oxidation sites excluding steroid dienone is 6. The number of cyclic esters (lactones) is 1. The van der Waals surface area contributed by atoms with E-state index < -0.39 is 71.8 Å². The average Bonchev–Trinajstić information content (AvgIpc) is 3.88. The maximum atomic E-state index is 14.5. The Bertz CT molecular complexity index is 2020. The van der Waals surface area contributed by atoms with Crippen LogP contribution >= 0.6 is 0 Å². The van der Waals surface area contributed by atoms with Gasteiger partial charge in [0.1, 0.15) is 36.5 Å². The van der Waals surface area contributed by atoms with Gasteiger partial charge in [0.05, 0.1) is 24.4 Å². The monoisotopic (exact) mass is 964 g/mol. The number of nitrogens with zero attached hydrogens (tertiary/aromatic N) is 5. The molecule has 2 N–H and O–H groups in total. The molecule has 4 aliphatic rings. The molecular weight excluding hydrogens is 883 g/mol. The molecule has 1 aliphatic carbocycles. The summed E-state index contributed by atoms with van der Waals surface area (Å²) < 4.78 is 31.9. The molecule has 1 aromatic heterocycles. The molecule has 69 heavy (non-hydrogen) atoms. The van der Waals surface area contributed by atoms with Crippen LogP contribution in [0.15, 0.2) is 66.1 Å². The standard InChI is InChI=1S/C53H81N5O11/c1-32-17-13-12-14-18-33(2)45(65-9)29-41-22-20-38(7)53(64,69-41)50(61)51(62)57-24-16-15-19-43(57)52(63)68-46(36(5)27-40-21-23-42(47(28-40)66-10)58-31-54-55-56-58)30-44(59)35(4)26-37(6)48(60)49(67-11)39(8)34(3)25-32/h12-14,17-18,26,31-32,34-36,38,40-43,45-49,60,64H,8,15-16,19-25,27-30H2,1-7,9-11H3/b14-12+,17-13+,33-18+,37-26+/t32-,34-,35-,36-,38-,40+,41+,42+,43+,45+,46+,47-,48-,49+,53-/m1/s1. The average molecular weight is 964 g/mol. The first-order valence-electron chi connectivity index (χ1n) is 25.2. The van der Waals surface area contributed by atoms with Gasteiger partial charge in [0.2, 0.25) is 5.79 Å². The van der Waals surface area contributed by atoms with Crippen LogP contribution in [0.1, 0.15) is 132 Å². The lowest BCUT2D eigenvalue weighted by Gasteiger charge is -2.42. The quantitative estimate of drug-likeness (QED) is 0.160. The number of tetrazole rings is 1. The van der Waals surface area contributed by atoms with Crippen LogP contribution in [0.4, 0.5) is 0 Å². The highest BCUT2D eigenvalue weighted by molar-refractivity contribution is 6.39. The molecule has 4 heterocycles. The Morgan fingerprint density at radius 2 is 1.67 bits per heavy atom. The Labute approximate surface area is 409 Å². The number of ketones is 2. The minimum atomic E-state index is -2.42. The topological polar surface area (TPSA) is 202 Å². The molecule has 2 bridgehead atoms. The maximum absolute atomic E-state index is 14.5. The zero-order valence-electron chi connectivity index (χ0n) is 42.8. The van der Waals surface area contributed by atoms with Gasteiger partial charge in [0, 0.05) is 52.6 Å². The molecular formula is C53H81N5O11. The zero-order valence-corrected chi connectivity index (χ0v) is 42.8. The Balaban J connectivity index is 1.46. The molecule has 5 rings (SSSR count). The Hall–Kier alpha value is -4.19. The summed E-state index contributed by atoms with van der Waals surface area (Å²) in [6, 6.07) is -1.15. The molecule has 384 valence electrons. The molecule has 3 fully saturated rings. The van der Waals surface area contributed by atoms with Crippen molar-refractivity contribution in [2.75, 3.05) is 27.9 Å². The van der Waals surface area contributed by atoms with Gasteiger partial charge in [-0.25, -0.2) is 9.48 Å². The third-order valence-electron chi connectivity index (χ3n) is 15.4. The Morgan fingerprint density at radius 1 is 0.913 bits per heavy atom. The fourth-order valence-electron chi connectivity index (χ4n) is 10.9. The number of aromatic nitrogens is 4. The predicted octanol–water partition coefficient (Wildman–Crippen LogP) is 7.03. The molecule has 16 heteroatoms. The van der Waals surface area contributed by atoms with E-state index in [9.17, 15) is 29.4 Å². The van der Waals surface area contributed by atoms with Gasteiger partial charge in [-0.2, -0.15) is 0 Å². The van der Waals surface area contributed by atoms with Crippen molar-refractivity contribution in [3.8, 4) is 0 Å². The van der Waals surface area contributed by atoms with Crippen molar-refractivity contribution in [1.29, 1.82) is 0 Å². The SMILES string of the molecule is C=C1[C@H](C)C[C@H](C)/C=C/C=C/C=C(\C)[C@@H](OC)C[C@@H]2CC[C@@H](C)[C@@](O)(O2)C(=O)C(=O)N2CCCC[C@H]2C(=O)O[C@H]([C@H](C)C[C@@H]2CC[C@H](n3cnnn3)[C@H](OC)C2)CC(=O)[C@H](C)/C=C(\C)[C@@H](O)[C@H]1OC. The van der Waals surface area contributed by atoms with Gasteiger partial charge in [0.15, 0.2) is 0 Å². The second-order valence-electron chi connectivity index (χ2n) is 20.6.